The first-order chi connectivity index (χ1) is 6.72. The number of carboxylic acid groups (broad SMARTS) is 1. The van der Waals surface area contributed by atoms with Gasteiger partial charge in [-0.05, 0) is 31.6 Å². The van der Waals surface area contributed by atoms with Gasteiger partial charge in [0.25, 0.3) is 0 Å². The number of carbonyl (C=O) groups is 1. The first-order valence-corrected chi connectivity index (χ1v) is 4.78. The number of nitrogens with one attached hydrogen (secondary N) is 1. The van der Waals surface area contributed by atoms with E-state index >= 15 is 0 Å². The number of hydrogen-bond donors (Lipinski definition) is 2. The van der Waals surface area contributed by atoms with Gasteiger partial charge in [0, 0.05) is 12.1 Å². The summed E-state index contributed by atoms with van der Waals surface area (Å²) in [6.07, 6.45) is 6.14. The quantitative estimate of drug-likeness (QED) is 0.659. The Labute approximate surface area is 83.2 Å². The molecule has 0 saturated heterocycles. The Hall–Kier alpha value is -1.50. The van der Waals surface area contributed by atoms with Crippen molar-refractivity contribution in [3.8, 4) is 6.07 Å². The van der Waals surface area contributed by atoms with Crippen molar-refractivity contribution in [2.24, 2.45) is 5.92 Å². The van der Waals surface area contributed by atoms with Gasteiger partial charge in [0.15, 0.2) is 0 Å². The highest BCUT2D eigenvalue weighted by Crippen LogP contribution is 2.25. The molecule has 0 unspecified atom stereocenters. The zero-order chi connectivity index (χ0) is 10.4. The molecule has 0 atom stereocenters. The van der Waals surface area contributed by atoms with Gasteiger partial charge in [0.05, 0.1) is 6.07 Å². The Bertz CT molecular complexity index is 260. The van der Waals surface area contributed by atoms with E-state index in [0.717, 1.165) is 25.7 Å². The molecule has 1 fully saturated rings. The van der Waals surface area contributed by atoms with Crippen LogP contribution in [-0.2, 0) is 0 Å². The largest absolute Gasteiger partial charge is 0.465 e. The van der Waals surface area contributed by atoms with Gasteiger partial charge >= 0.3 is 6.09 Å². The Morgan fingerprint density at radius 1 is 1.43 bits per heavy atom. The van der Waals surface area contributed by atoms with Crippen LogP contribution in [0.1, 0.15) is 25.7 Å². The molecule has 0 spiro atoms. The molecule has 4 nitrogen and oxygen atoms in total. The van der Waals surface area contributed by atoms with Crippen molar-refractivity contribution in [3.05, 3.63) is 12.2 Å². The fourth-order valence-electron chi connectivity index (χ4n) is 1.81. The maximum atomic E-state index is 10.4. The van der Waals surface area contributed by atoms with Crippen LogP contribution in [0, 0.1) is 17.2 Å². The number of hydrogen-bond acceptors (Lipinski definition) is 2. The highest BCUT2D eigenvalue weighted by atomic mass is 16.4. The monoisotopic (exact) mass is 194 g/mol. The van der Waals surface area contributed by atoms with Crippen LogP contribution in [0.3, 0.4) is 0 Å². The zero-order valence-corrected chi connectivity index (χ0v) is 7.94. The third kappa shape index (κ3) is 3.48. The minimum atomic E-state index is -0.944. The van der Waals surface area contributed by atoms with Gasteiger partial charge in [-0.1, -0.05) is 6.08 Å². The van der Waals surface area contributed by atoms with Crippen molar-refractivity contribution >= 4 is 6.09 Å². The van der Waals surface area contributed by atoms with Crippen LogP contribution in [0.5, 0.6) is 0 Å². The third-order valence-electron chi connectivity index (χ3n) is 2.54. The standard InChI is InChI=1S/C10H14N2O2/c11-7-1-2-8-3-5-9(6-4-8)12-10(13)14/h1-2,8-9,12H,3-6H2,(H,13,14)/b2-1+/t8-,9-. The first-order valence-electron chi connectivity index (χ1n) is 4.78. The average molecular weight is 194 g/mol. The van der Waals surface area contributed by atoms with Crippen molar-refractivity contribution in [2.75, 3.05) is 0 Å². The fraction of sp³-hybridized carbons (Fsp3) is 0.600. The normalized spacial score (nSPS) is 27.1. The summed E-state index contributed by atoms with van der Waals surface area (Å²) in [5, 5.41) is 19.3. The van der Waals surface area contributed by atoms with Gasteiger partial charge in [-0.2, -0.15) is 5.26 Å². The molecule has 4 heteroatoms. The predicted molar refractivity (Wildman–Crippen MR) is 51.7 cm³/mol. The van der Waals surface area contributed by atoms with Gasteiger partial charge in [-0.15, -0.1) is 0 Å². The molecule has 1 amide bonds. The van der Waals surface area contributed by atoms with E-state index in [9.17, 15) is 4.79 Å². The van der Waals surface area contributed by atoms with Crippen molar-refractivity contribution < 1.29 is 9.90 Å². The number of amides is 1. The summed E-state index contributed by atoms with van der Waals surface area (Å²) in [6.45, 7) is 0. The molecule has 1 aliphatic carbocycles. The van der Waals surface area contributed by atoms with Crippen LogP contribution in [0.4, 0.5) is 4.79 Å². The summed E-state index contributed by atoms with van der Waals surface area (Å²) in [5.74, 6) is 0.446. The molecule has 0 heterocycles. The molecule has 0 aromatic rings. The van der Waals surface area contributed by atoms with E-state index in [4.69, 9.17) is 10.4 Å². The molecule has 0 aliphatic heterocycles. The van der Waals surface area contributed by atoms with Gasteiger partial charge in [0.1, 0.15) is 0 Å². The lowest BCUT2D eigenvalue weighted by molar-refractivity contribution is 0.184. The molecular formula is C10H14N2O2. The molecule has 1 aliphatic rings. The van der Waals surface area contributed by atoms with E-state index in [1.807, 2.05) is 12.1 Å². The van der Waals surface area contributed by atoms with Crippen LogP contribution in [0.25, 0.3) is 0 Å². The SMILES string of the molecule is N#C/C=C/[C@H]1CC[C@H](NC(=O)O)CC1. The molecular weight excluding hydrogens is 180 g/mol. The maximum absolute atomic E-state index is 10.4. The van der Waals surface area contributed by atoms with E-state index in [1.165, 1.54) is 6.08 Å². The van der Waals surface area contributed by atoms with Crippen molar-refractivity contribution in [1.82, 2.24) is 5.32 Å². The summed E-state index contributed by atoms with van der Waals surface area (Å²) in [7, 11) is 0. The Balaban J connectivity index is 2.28. The molecule has 14 heavy (non-hydrogen) atoms. The summed E-state index contributed by atoms with van der Waals surface area (Å²) < 4.78 is 0. The summed E-state index contributed by atoms with van der Waals surface area (Å²) >= 11 is 0. The lowest BCUT2D eigenvalue weighted by Gasteiger charge is -2.26. The minimum absolute atomic E-state index is 0.0965. The highest BCUT2D eigenvalue weighted by molar-refractivity contribution is 5.64. The van der Waals surface area contributed by atoms with E-state index in [-0.39, 0.29) is 6.04 Å². The fourth-order valence-corrected chi connectivity index (χ4v) is 1.81. The van der Waals surface area contributed by atoms with E-state index in [0.29, 0.717) is 5.92 Å². The molecule has 2 N–H and O–H groups in total. The van der Waals surface area contributed by atoms with Crippen LogP contribution < -0.4 is 5.32 Å². The highest BCUT2D eigenvalue weighted by Gasteiger charge is 2.20. The first kappa shape index (κ1) is 10.6. The minimum Gasteiger partial charge on any atom is -0.465 e. The molecule has 1 rings (SSSR count). The van der Waals surface area contributed by atoms with Crippen molar-refractivity contribution in [1.29, 1.82) is 5.26 Å². The van der Waals surface area contributed by atoms with Gasteiger partial charge in [-0.25, -0.2) is 4.79 Å². The van der Waals surface area contributed by atoms with Gasteiger partial charge in [-0.3, -0.25) is 0 Å². The summed E-state index contributed by atoms with van der Waals surface area (Å²) in [5.41, 5.74) is 0. The van der Waals surface area contributed by atoms with Crippen molar-refractivity contribution in [2.45, 2.75) is 31.7 Å². The van der Waals surface area contributed by atoms with Crippen LogP contribution in [-0.4, -0.2) is 17.2 Å². The van der Waals surface area contributed by atoms with Crippen molar-refractivity contribution in [3.63, 3.8) is 0 Å². The number of allylic oxidation sites excluding steroid dienone is 2. The Kier molecular flexibility index (Phi) is 3.99. The lowest BCUT2D eigenvalue weighted by atomic mass is 9.86. The number of nitrogens with zero attached hydrogens (tertiary/aromatic N) is 1. The van der Waals surface area contributed by atoms with Gasteiger partial charge < -0.3 is 10.4 Å². The summed E-state index contributed by atoms with van der Waals surface area (Å²) in [6, 6.07) is 2.06. The second-order valence-electron chi connectivity index (χ2n) is 3.55. The van der Waals surface area contributed by atoms with Crippen LogP contribution in [0.15, 0.2) is 12.2 Å². The molecule has 0 aromatic carbocycles. The average Bonchev–Trinajstić information content (AvgIpc) is 2.16. The van der Waals surface area contributed by atoms with Gasteiger partial charge in [0.2, 0.25) is 0 Å². The van der Waals surface area contributed by atoms with Crippen LogP contribution in [0.2, 0.25) is 0 Å². The molecule has 0 radical (unpaired) electrons. The smallest absolute Gasteiger partial charge is 0.404 e. The second-order valence-corrected chi connectivity index (χ2v) is 3.55. The molecule has 76 valence electrons. The molecule has 0 bridgehead atoms. The van der Waals surface area contributed by atoms with Crippen LogP contribution >= 0.6 is 0 Å². The zero-order valence-electron chi connectivity index (χ0n) is 7.94. The topological polar surface area (TPSA) is 73.1 Å². The van der Waals surface area contributed by atoms with E-state index in [1.54, 1.807) is 0 Å². The molecule has 0 aromatic heterocycles. The maximum Gasteiger partial charge on any atom is 0.404 e. The predicted octanol–water partition coefficient (Wildman–Crippen LogP) is 1.89. The lowest BCUT2D eigenvalue weighted by Crippen LogP contribution is -2.36. The Morgan fingerprint density at radius 3 is 2.57 bits per heavy atom. The molecule has 1 saturated carbocycles. The third-order valence-corrected chi connectivity index (χ3v) is 2.54. The second kappa shape index (κ2) is 5.28. The summed E-state index contributed by atoms with van der Waals surface area (Å²) in [4.78, 5) is 10.4. The van der Waals surface area contributed by atoms with E-state index in [2.05, 4.69) is 5.32 Å². The number of rotatable bonds is 2. The van der Waals surface area contributed by atoms with E-state index < -0.39 is 6.09 Å². The number of nitriles is 1. The Morgan fingerprint density at radius 2 is 2.07 bits per heavy atom.